The average molecular weight is 392 g/mol. The molecule has 2 aromatic heterocycles. The van der Waals surface area contributed by atoms with Crippen LogP contribution in [0.1, 0.15) is 5.82 Å². The molecule has 0 spiro atoms. The van der Waals surface area contributed by atoms with Crippen LogP contribution in [0.3, 0.4) is 0 Å². The quantitative estimate of drug-likeness (QED) is 0.422. The Morgan fingerprint density at radius 2 is 2.04 bits per heavy atom. The van der Waals surface area contributed by atoms with Crippen LogP contribution >= 0.6 is 23.5 Å². The predicted molar refractivity (Wildman–Crippen MR) is 97.8 cm³/mol. The van der Waals surface area contributed by atoms with Gasteiger partial charge in [0.1, 0.15) is 18.7 Å². The predicted octanol–water partition coefficient (Wildman–Crippen LogP) is 0.747. The van der Waals surface area contributed by atoms with Crippen LogP contribution < -0.4 is 16.0 Å². The van der Waals surface area contributed by atoms with Gasteiger partial charge in [0.05, 0.1) is 5.75 Å². The van der Waals surface area contributed by atoms with Gasteiger partial charge in [0.25, 0.3) is 0 Å². The SMILES string of the molecule is CSc1nnc(COc2ccccc2)n1NC(=O)CSc1nncn1N. The molecule has 0 aliphatic rings. The Morgan fingerprint density at radius 1 is 1.23 bits per heavy atom. The third-order valence-electron chi connectivity index (χ3n) is 3.10. The van der Waals surface area contributed by atoms with E-state index >= 15 is 0 Å². The van der Waals surface area contributed by atoms with Gasteiger partial charge in [-0.05, 0) is 18.4 Å². The van der Waals surface area contributed by atoms with Crippen molar-refractivity contribution in [3.05, 3.63) is 42.5 Å². The van der Waals surface area contributed by atoms with Crippen molar-refractivity contribution in [2.45, 2.75) is 16.9 Å². The number of carbonyl (C=O) groups excluding carboxylic acids is 1. The number of hydrogen-bond donors (Lipinski definition) is 2. The number of nitrogens with one attached hydrogen (secondary N) is 1. The van der Waals surface area contributed by atoms with Gasteiger partial charge in [0.2, 0.25) is 16.2 Å². The second kappa shape index (κ2) is 8.58. The highest BCUT2D eigenvalue weighted by molar-refractivity contribution is 7.99. The lowest BCUT2D eigenvalue weighted by Gasteiger charge is -2.11. The number of nitrogens with zero attached hydrogens (tertiary/aromatic N) is 6. The number of amides is 1. The van der Waals surface area contributed by atoms with E-state index in [4.69, 9.17) is 10.6 Å². The molecule has 3 N–H and O–H groups in total. The topological polar surface area (TPSA) is 126 Å². The molecule has 3 rings (SSSR count). The minimum Gasteiger partial charge on any atom is -0.486 e. The lowest BCUT2D eigenvalue weighted by atomic mass is 10.3. The molecule has 136 valence electrons. The van der Waals surface area contributed by atoms with Crippen LogP contribution in [0, 0.1) is 0 Å². The molecule has 1 aromatic carbocycles. The van der Waals surface area contributed by atoms with Crippen LogP contribution in [0.5, 0.6) is 5.75 Å². The van der Waals surface area contributed by atoms with E-state index in [0.717, 1.165) is 0 Å². The Kier molecular flexibility index (Phi) is 5.96. The Bertz CT molecular complexity index is 867. The molecule has 0 radical (unpaired) electrons. The maximum Gasteiger partial charge on any atom is 0.249 e. The Morgan fingerprint density at radius 3 is 2.73 bits per heavy atom. The van der Waals surface area contributed by atoms with E-state index in [1.807, 2.05) is 36.6 Å². The Hall–Kier alpha value is -2.73. The molecule has 10 nitrogen and oxygen atoms in total. The molecule has 12 heteroatoms. The summed E-state index contributed by atoms with van der Waals surface area (Å²) in [4.78, 5) is 12.3. The van der Waals surface area contributed by atoms with Gasteiger partial charge in [-0.15, -0.1) is 20.4 Å². The van der Waals surface area contributed by atoms with Gasteiger partial charge in [-0.25, -0.2) is 9.35 Å². The smallest absolute Gasteiger partial charge is 0.249 e. The molecule has 0 aliphatic heterocycles. The van der Waals surface area contributed by atoms with Crippen molar-refractivity contribution in [3.8, 4) is 5.75 Å². The number of thioether (sulfide) groups is 2. The van der Waals surface area contributed by atoms with Crippen molar-refractivity contribution < 1.29 is 9.53 Å². The first-order chi connectivity index (χ1) is 12.7. The van der Waals surface area contributed by atoms with Gasteiger partial charge in [-0.1, -0.05) is 41.7 Å². The molecule has 1 amide bonds. The minimum atomic E-state index is -0.255. The first-order valence-electron chi connectivity index (χ1n) is 7.41. The fourth-order valence-corrected chi connectivity index (χ4v) is 3.01. The number of para-hydroxylation sites is 1. The normalized spacial score (nSPS) is 10.7. The highest BCUT2D eigenvalue weighted by Crippen LogP contribution is 2.16. The van der Waals surface area contributed by atoms with Crippen molar-refractivity contribution in [3.63, 3.8) is 0 Å². The summed E-state index contributed by atoms with van der Waals surface area (Å²) in [5, 5.41) is 16.6. The fraction of sp³-hybridized carbons (Fsp3) is 0.214. The van der Waals surface area contributed by atoms with E-state index in [1.165, 1.54) is 39.2 Å². The summed E-state index contributed by atoms with van der Waals surface area (Å²) < 4.78 is 8.45. The zero-order chi connectivity index (χ0) is 18.4. The second-order valence-electron chi connectivity index (χ2n) is 4.88. The summed E-state index contributed by atoms with van der Waals surface area (Å²) in [5.74, 6) is 6.67. The molecule has 0 saturated heterocycles. The molecule has 0 bridgehead atoms. The van der Waals surface area contributed by atoms with Crippen molar-refractivity contribution in [1.29, 1.82) is 0 Å². The van der Waals surface area contributed by atoms with Crippen LogP contribution in [0.15, 0.2) is 47.0 Å². The van der Waals surface area contributed by atoms with Gasteiger partial charge in [-0.2, -0.15) is 0 Å². The lowest BCUT2D eigenvalue weighted by Crippen LogP contribution is -2.27. The van der Waals surface area contributed by atoms with Gasteiger partial charge in [-0.3, -0.25) is 10.2 Å². The molecular formula is C14H16N8O2S2. The number of carbonyl (C=O) groups is 1. The summed E-state index contributed by atoms with van der Waals surface area (Å²) in [6, 6.07) is 9.34. The van der Waals surface area contributed by atoms with E-state index in [9.17, 15) is 4.79 Å². The zero-order valence-corrected chi connectivity index (χ0v) is 15.4. The highest BCUT2D eigenvalue weighted by atomic mass is 32.2. The van der Waals surface area contributed by atoms with Crippen LogP contribution in [0.2, 0.25) is 0 Å². The standard InChI is InChI=1S/C14H16N8O2S2/c1-25-14-19-17-11(7-24-10-5-3-2-4-6-10)22(14)20-12(23)8-26-13-18-16-9-21(13)15/h2-6,9H,7-8,15H2,1H3,(H,20,23). The molecular weight excluding hydrogens is 376 g/mol. The molecule has 0 aliphatic carbocycles. The van der Waals surface area contributed by atoms with Crippen molar-refractivity contribution in [1.82, 2.24) is 29.7 Å². The average Bonchev–Trinajstić information content (AvgIpc) is 3.24. The highest BCUT2D eigenvalue weighted by Gasteiger charge is 2.15. The van der Waals surface area contributed by atoms with Gasteiger partial charge in [0, 0.05) is 0 Å². The number of rotatable bonds is 8. The van der Waals surface area contributed by atoms with Crippen molar-refractivity contribution in [2.75, 3.05) is 23.3 Å². The molecule has 3 aromatic rings. The fourth-order valence-electron chi connectivity index (χ4n) is 1.93. The van der Waals surface area contributed by atoms with Crippen LogP contribution in [-0.2, 0) is 11.4 Å². The molecule has 0 unspecified atom stereocenters. The first-order valence-corrected chi connectivity index (χ1v) is 9.62. The van der Waals surface area contributed by atoms with Crippen molar-refractivity contribution >= 4 is 29.4 Å². The number of hydrogen-bond acceptors (Lipinski definition) is 9. The van der Waals surface area contributed by atoms with Crippen LogP contribution in [0.4, 0.5) is 0 Å². The van der Waals surface area contributed by atoms with E-state index in [0.29, 0.717) is 21.9 Å². The van der Waals surface area contributed by atoms with E-state index < -0.39 is 0 Å². The van der Waals surface area contributed by atoms with Crippen LogP contribution in [-0.4, -0.2) is 47.7 Å². The van der Waals surface area contributed by atoms with Gasteiger partial charge in [0.15, 0.2) is 5.82 Å². The first kappa shape index (κ1) is 18.1. The Labute approximate surface area is 157 Å². The number of nitrogen functional groups attached to an aromatic ring is 1. The van der Waals surface area contributed by atoms with E-state index in [-0.39, 0.29) is 18.3 Å². The molecule has 2 heterocycles. The second-order valence-corrected chi connectivity index (χ2v) is 6.60. The molecule has 0 saturated carbocycles. The number of benzene rings is 1. The third-order valence-corrected chi connectivity index (χ3v) is 4.69. The third kappa shape index (κ3) is 4.46. The maximum absolute atomic E-state index is 12.3. The van der Waals surface area contributed by atoms with Gasteiger partial charge >= 0.3 is 0 Å². The lowest BCUT2D eigenvalue weighted by molar-refractivity contribution is -0.114. The number of nitrogens with two attached hydrogens (primary N) is 1. The molecule has 0 fully saturated rings. The summed E-state index contributed by atoms with van der Waals surface area (Å²) in [6.07, 6.45) is 3.21. The van der Waals surface area contributed by atoms with E-state index in [1.54, 1.807) is 0 Å². The summed E-state index contributed by atoms with van der Waals surface area (Å²) in [6.45, 7) is 0.169. The monoisotopic (exact) mass is 392 g/mol. The van der Waals surface area contributed by atoms with E-state index in [2.05, 4.69) is 25.8 Å². The van der Waals surface area contributed by atoms with Crippen LogP contribution in [0.25, 0.3) is 0 Å². The minimum absolute atomic E-state index is 0.112. The van der Waals surface area contributed by atoms with Crippen molar-refractivity contribution in [2.24, 2.45) is 0 Å². The summed E-state index contributed by atoms with van der Waals surface area (Å²) in [5.41, 5.74) is 2.76. The number of aromatic nitrogens is 6. The largest absolute Gasteiger partial charge is 0.486 e. The van der Waals surface area contributed by atoms with Gasteiger partial charge < -0.3 is 10.6 Å². The summed E-state index contributed by atoms with van der Waals surface area (Å²) in [7, 11) is 0. The Balaban J connectivity index is 1.63. The molecule has 0 atom stereocenters. The number of ether oxygens (including phenoxy) is 1. The molecule has 26 heavy (non-hydrogen) atoms. The maximum atomic E-state index is 12.3. The zero-order valence-electron chi connectivity index (χ0n) is 13.8. The summed E-state index contributed by atoms with van der Waals surface area (Å²) >= 11 is 2.54.